The average molecular weight is 262 g/mol. The van der Waals surface area contributed by atoms with Crippen LogP contribution in [-0.4, -0.2) is 38.1 Å². The number of hydrogen-bond donors (Lipinski definition) is 1. The van der Waals surface area contributed by atoms with Crippen molar-refractivity contribution in [2.24, 2.45) is 5.92 Å². The summed E-state index contributed by atoms with van der Waals surface area (Å²) in [6.45, 7) is 2.60. The molecule has 0 spiro atoms. The second-order valence-electron chi connectivity index (χ2n) is 5.12. The van der Waals surface area contributed by atoms with Crippen molar-refractivity contribution in [3.8, 4) is 5.75 Å². The van der Waals surface area contributed by atoms with E-state index < -0.39 is 0 Å². The van der Waals surface area contributed by atoms with Gasteiger partial charge in [-0.3, -0.25) is 4.79 Å². The zero-order valence-electron chi connectivity index (χ0n) is 11.7. The van der Waals surface area contributed by atoms with E-state index in [1.807, 2.05) is 31.3 Å². The van der Waals surface area contributed by atoms with E-state index in [9.17, 15) is 4.79 Å². The normalized spacial score (nSPS) is 18.3. The number of nitrogens with zero attached hydrogens (tertiary/aromatic N) is 1. The van der Waals surface area contributed by atoms with Crippen LogP contribution in [0.3, 0.4) is 0 Å². The van der Waals surface area contributed by atoms with Gasteiger partial charge < -0.3 is 15.0 Å². The summed E-state index contributed by atoms with van der Waals surface area (Å²) >= 11 is 0. The number of hydrogen-bond acceptors (Lipinski definition) is 3. The lowest BCUT2D eigenvalue weighted by atomic mass is 10.0. The second-order valence-corrected chi connectivity index (χ2v) is 5.12. The number of methoxy groups -OCH3 is 1. The smallest absolute Gasteiger partial charge is 0.222 e. The van der Waals surface area contributed by atoms with Crippen LogP contribution in [0, 0.1) is 5.92 Å². The average Bonchev–Trinajstić information content (AvgIpc) is 2.92. The fourth-order valence-electron chi connectivity index (χ4n) is 2.47. The molecule has 0 aromatic heterocycles. The summed E-state index contributed by atoms with van der Waals surface area (Å²) in [6, 6.07) is 7.83. The van der Waals surface area contributed by atoms with Crippen LogP contribution in [0.2, 0.25) is 0 Å². The Kier molecular flexibility index (Phi) is 4.80. The lowest BCUT2D eigenvalue weighted by Gasteiger charge is -2.20. The standard InChI is InChI=1S/C15H22N2O2/c1-17(15(18)9-12-7-8-16-10-12)11-13-5-3-4-6-14(13)19-2/h3-6,12,16H,7-11H2,1-2H3. The Balaban J connectivity index is 1.92. The molecule has 1 N–H and O–H groups in total. The van der Waals surface area contributed by atoms with E-state index in [1.54, 1.807) is 12.0 Å². The first-order chi connectivity index (χ1) is 9.20. The molecule has 1 aromatic rings. The van der Waals surface area contributed by atoms with Crippen LogP contribution in [-0.2, 0) is 11.3 Å². The van der Waals surface area contributed by atoms with Gasteiger partial charge in [0.15, 0.2) is 0 Å². The van der Waals surface area contributed by atoms with E-state index in [0.29, 0.717) is 18.9 Å². The SMILES string of the molecule is COc1ccccc1CN(C)C(=O)CC1CCNC1. The summed E-state index contributed by atoms with van der Waals surface area (Å²) < 4.78 is 5.31. The van der Waals surface area contributed by atoms with Gasteiger partial charge in [-0.15, -0.1) is 0 Å². The quantitative estimate of drug-likeness (QED) is 0.877. The summed E-state index contributed by atoms with van der Waals surface area (Å²) in [4.78, 5) is 13.9. The highest BCUT2D eigenvalue weighted by Crippen LogP contribution is 2.20. The second kappa shape index (κ2) is 6.57. The van der Waals surface area contributed by atoms with Crippen molar-refractivity contribution in [1.82, 2.24) is 10.2 Å². The maximum atomic E-state index is 12.2. The van der Waals surface area contributed by atoms with Crippen LogP contribution in [0.4, 0.5) is 0 Å². The minimum absolute atomic E-state index is 0.208. The molecule has 0 bridgehead atoms. The van der Waals surface area contributed by atoms with Gasteiger partial charge in [0.2, 0.25) is 5.91 Å². The maximum absolute atomic E-state index is 12.2. The number of nitrogens with one attached hydrogen (secondary N) is 1. The van der Waals surface area contributed by atoms with E-state index in [4.69, 9.17) is 4.74 Å². The van der Waals surface area contributed by atoms with Gasteiger partial charge in [-0.25, -0.2) is 0 Å². The highest BCUT2D eigenvalue weighted by molar-refractivity contribution is 5.76. The molecule has 4 nitrogen and oxygen atoms in total. The lowest BCUT2D eigenvalue weighted by molar-refractivity contribution is -0.131. The van der Waals surface area contributed by atoms with Gasteiger partial charge in [0.25, 0.3) is 0 Å². The van der Waals surface area contributed by atoms with Gasteiger partial charge in [-0.05, 0) is 31.5 Å². The molecule has 1 aliphatic heterocycles. The van der Waals surface area contributed by atoms with Crippen molar-refractivity contribution in [2.45, 2.75) is 19.4 Å². The molecule has 1 amide bonds. The topological polar surface area (TPSA) is 41.6 Å². The highest BCUT2D eigenvalue weighted by Gasteiger charge is 2.20. The van der Waals surface area contributed by atoms with Crippen LogP contribution in [0.5, 0.6) is 5.75 Å². The van der Waals surface area contributed by atoms with E-state index in [1.165, 1.54) is 0 Å². The van der Waals surface area contributed by atoms with Crippen molar-refractivity contribution in [3.05, 3.63) is 29.8 Å². The van der Waals surface area contributed by atoms with Crippen molar-refractivity contribution >= 4 is 5.91 Å². The van der Waals surface area contributed by atoms with Crippen LogP contribution < -0.4 is 10.1 Å². The van der Waals surface area contributed by atoms with E-state index >= 15 is 0 Å². The molecule has 1 fully saturated rings. The largest absolute Gasteiger partial charge is 0.496 e. The number of benzene rings is 1. The van der Waals surface area contributed by atoms with Crippen LogP contribution in [0.1, 0.15) is 18.4 Å². The number of carbonyl (C=O) groups excluding carboxylic acids is 1. The third-order valence-electron chi connectivity index (χ3n) is 3.65. The number of carbonyl (C=O) groups is 1. The Morgan fingerprint density at radius 2 is 2.26 bits per heavy atom. The van der Waals surface area contributed by atoms with Gasteiger partial charge >= 0.3 is 0 Å². The predicted octanol–water partition coefficient (Wildman–Crippen LogP) is 1.65. The Hall–Kier alpha value is -1.55. The lowest BCUT2D eigenvalue weighted by Crippen LogP contribution is -2.28. The molecule has 19 heavy (non-hydrogen) atoms. The van der Waals surface area contributed by atoms with Crippen molar-refractivity contribution in [2.75, 3.05) is 27.2 Å². The first kappa shape index (κ1) is 13.9. The number of para-hydroxylation sites is 1. The van der Waals surface area contributed by atoms with Gasteiger partial charge in [-0.2, -0.15) is 0 Å². The van der Waals surface area contributed by atoms with Crippen LogP contribution in [0.15, 0.2) is 24.3 Å². The predicted molar refractivity (Wildman–Crippen MR) is 75.1 cm³/mol. The fraction of sp³-hybridized carbons (Fsp3) is 0.533. The summed E-state index contributed by atoms with van der Waals surface area (Å²) in [6.07, 6.45) is 1.74. The van der Waals surface area contributed by atoms with Gasteiger partial charge in [0, 0.05) is 25.6 Å². The summed E-state index contributed by atoms with van der Waals surface area (Å²) in [5.74, 6) is 1.54. The van der Waals surface area contributed by atoms with Gasteiger partial charge in [0.05, 0.1) is 7.11 Å². The third kappa shape index (κ3) is 3.70. The molecule has 1 atom stereocenters. The molecule has 4 heteroatoms. The summed E-state index contributed by atoms with van der Waals surface area (Å²) in [5, 5.41) is 3.29. The Morgan fingerprint density at radius 1 is 1.47 bits per heavy atom. The molecule has 1 aliphatic rings. The monoisotopic (exact) mass is 262 g/mol. The first-order valence-corrected chi connectivity index (χ1v) is 6.77. The summed E-state index contributed by atoms with van der Waals surface area (Å²) in [5.41, 5.74) is 1.05. The van der Waals surface area contributed by atoms with Gasteiger partial charge in [0.1, 0.15) is 5.75 Å². The molecule has 1 aromatic carbocycles. The van der Waals surface area contributed by atoms with Crippen molar-refractivity contribution in [3.63, 3.8) is 0 Å². The summed E-state index contributed by atoms with van der Waals surface area (Å²) in [7, 11) is 3.52. The van der Waals surface area contributed by atoms with Crippen molar-refractivity contribution in [1.29, 1.82) is 0 Å². The van der Waals surface area contributed by atoms with E-state index in [0.717, 1.165) is 30.8 Å². The molecule has 1 saturated heterocycles. The Labute approximate surface area is 114 Å². The molecule has 1 heterocycles. The third-order valence-corrected chi connectivity index (χ3v) is 3.65. The number of ether oxygens (including phenoxy) is 1. The zero-order chi connectivity index (χ0) is 13.7. The minimum atomic E-state index is 0.208. The minimum Gasteiger partial charge on any atom is -0.496 e. The molecule has 2 rings (SSSR count). The molecule has 0 aliphatic carbocycles. The van der Waals surface area contributed by atoms with E-state index in [-0.39, 0.29) is 5.91 Å². The maximum Gasteiger partial charge on any atom is 0.222 e. The first-order valence-electron chi connectivity index (χ1n) is 6.77. The molecular weight excluding hydrogens is 240 g/mol. The Bertz CT molecular complexity index is 428. The molecule has 104 valence electrons. The molecular formula is C15H22N2O2. The molecule has 1 unspecified atom stereocenters. The Morgan fingerprint density at radius 3 is 2.95 bits per heavy atom. The highest BCUT2D eigenvalue weighted by atomic mass is 16.5. The van der Waals surface area contributed by atoms with E-state index in [2.05, 4.69) is 5.32 Å². The van der Waals surface area contributed by atoms with Crippen LogP contribution >= 0.6 is 0 Å². The molecule has 0 saturated carbocycles. The zero-order valence-corrected chi connectivity index (χ0v) is 11.7. The number of amides is 1. The number of rotatable bonds is 5. The fourth-order valence-corrected chi connectivity index (χ4v) is 2.47. The van der Waals surface area contributed by atoms with Crippen molar-refractivity contribution < 1.29 is 9.53 Å². The van der Waals surface area contributed by atoms with Gasteiger partial charge in [-0.1, -0.05) is 18.2 Å². The molecule has 0 radical (unpaired) electrons. The van der Waals surface area contributed by atoms with Crippen LogP contribution in [0.25, 0.3) is 0 Å².